The molecule has 1 N–H and O–H groups in total. The summed E-state index contributed by atoms with van der Waals surface area (Å²) in [6, 6.07) is 2.90. The fourth-order valence-corrected chi connectivity index (χ4v) is 2.38. The molecule has 0 saturated carbocycles. The van der Waals surface area contributed by atoms with E-state index < -0.39 is 12.0 Å². The number of methoxy groups -OCH3 is 1. The number of thiophene rings is 1. The third-order valence-corrected chi connectivity index (χ3v) is 3.74. The number of nitrogens with one attached hydrogen (secondary N) is 1. The molecule has 17 heavy (non-hydrogen) atoms. The lowest BCUT2D eigenvalue weighted by atomic mass is 10.1. The van der Waals surface area contributed by atoms with Crippen LogP contribution < -0.4 is 5.32 Å². The Bertz CT molecular complexity index is 419. The average Bonchev–Trinajstić information content (AvgIpc) is 2.73. The molecule has 1 heterocycles. The summed E-state index contributed by atoms with van der Waals surface area (Å²) in [4.78, 5) is 23.8. The fourth-order valence-electron chi connectivity index (χ4n) is 1.26. The molecule has 0 bridgehead atoms. The molecule has 6 heteroatoms. The maximum atomic E-state index is 11.8. The van der Waals surface area contributed by atoms with E-state index >= 15 is 0 Å². The van der Waals surface area contributed by atoms with Crippen molar-refractivity contribution < 1.29 is 14.3 Å². The molecule has 1 amide bonds. The summed E-state index contributed by atoms with van der Waals surface area (Å²) in [7, 11) is 1.29. The van der Waals surface area contributed by atoms with Crippen molar-refractivity contribution in [1.29, 1.82) is 0 Å². The lowest BCUT2D eigenvalue weighted by molar-refractivity contribution is -0.144. The largest absolute Gasteiger partial charge is 0.467 e. The first kappa shape index (κ1) is 14.0. The van der Waals surface area contributed by atoms with Gasteiger partial charge in [0.2, 0.25) is 5.91 Å². The van der Waals surface area contributed by atoms with Crippen LogP contribution in [0.4, 0.5) is 0 Å². The molecular weight excluding hydrogens is 262 g/mol. The Morgan fingerprint density at radius 1 is 1.41 bits per heavy atom. The van der Waals surface area contributed by atoms with Crippen LogP contribution in [0.3, 0.4) is 0 Å². The number of hydrogen-bond donors (Lipinski definition) is 1. The van der Waals surface area contributed by atoms with Crippen molar-refractivity contribution in [2.24, 2.45) is 0 Å². The van der Waals surface area contributed by atoms with Gasteiger partial charge >= 0.3 is 5.97 Å². The van der Waals surface area contributed by atoms with Crippen LogP contribution in [0.5, 0.6) is 0 Å². The molecule has 1 rings (SSSR count). The van der Waals surface area contributed by atoms with E-state index in [9.17, 15) is 9.59 Å². The highest BCUT2D eigenvalue weighted by molar-refractivity contribution is 7.16. The van der Waals surface area contributed by atoms with Gasteiger partial charge in [-0.1, -0.05) is 11.6 Å². The van der Waals surface area contributed by atoms with Gasteiger partial charge in [0.1, 0.15) is 6.04 Å². The summed E-state index contributed by atoms with van der Waals surface area (Å²) < 4.78 is 5.17. The molecule has 0 aromatic carbocycles. The molecule has 0 spiro atoms. The number of esters is 1. The highest BCUT2D eigenvalue weighted by Gasteiger charge is 2.22. The summed E-state index contributed by atoms with van der Waals surface area (Å²) in [5.41, 5.74) is 0. The van der Waals surface area contributed by atoms with Crippen LogP contribution in [0.15, 0.2) is 12.1 Å². The number of halogens is 1. The van der Waals surface area contributed by atoms with Gasteiger partial charge in [0.15, 0.2) is 0 Å². The molecule has 1 aromatic rings. The quantitative estimate of drug-likeness (QED) is 0.857. The summed E-state index contributed by atoms with van der Waals surface area (Å²) in [5, 5.41) is 2.59. The molecule has 1 aromatic heterocycles. The Morgan fingerprint density at radius 3 is 2.53 bits per heavy atom. The Morgan fingerprint density at radius 2 is 2.06 bits per heavy atom. The normalized spacial score (nSPS) is 13.9. The van der Waals surface area contributed by atoms with Gasteiger partial charge in [0, 0.05) is 4.88 Å². The van der Waals surface area contributed by atoms with Crippen molar-refractivity contribution in [3.05, 3.63) is 21.3 Å². The zero-order valence-electron chi connectivity index (χ0n) is 9.82. The molecule has 0 fully saturated rings. The molecular formula is C11H14ClNO3S. The van der Waals surface area contributed by atoms with E-state index in [1.807, 2.05) is 0 Å². The predicted octanol–water partition coefficient (Wildman–Crippen LogP) is 2.18. The maximum absolute atomic E-state index is 11.8. The van der Waals surface area contributed by atoms with Gasteiger partial charge < -0.3 is 10.1 Å². The Balaban J connectivity index is 2.62. The highest BCUT2D eigenvalue weighted by Crippen LogP contribution is 2.28. The van der Waals surface area contributed by atoms with Gasteiger partial charge in [-0.15, -0.1) is 11.3 Å². The van der Waals surface area contributed by atoms with E-state index in [4.69, 9.17) is 11.6 Å². The summed E-state index contributed by atoms with van der Waals surface area (Å²) in [6.07, 6.45) is 0. The topological polar surface area (TPSA) is 55.4 Å². The second-order valence-corrected chi connectivity index (χ2v) is 5.36. The van der Waals surface area contributed by atoms with Crippen LogP contribution in [0, 0.1) is 0 Å². The van der Waals surface area contributed by atoms with Gasteiger partial charge in [0.25, 0.3) is 0 Å². The van der Waals surface area contributed by atoms with E-state index in [0.29, 0.717) is 4.34 Å². The number of hydrogen-bond acceptors (Lipinski definition) is 4. The third kappa shape index (κ3) is 3.71. The molecule has 0 radical (unpaired) electrons. The van der Waals surface area contributed by atoms with Crippen molar-refractivity contribution in [2.75, 3.05) is 7.11 Å². The number of carbonyl (C=O) groups excluding carboxylic acids is 2. The fraction of sp³-hybridized carbons (Fsp3) is 0.455. The standard InChI is InChI=1S/C11H14ClNO3S/c1-6(8-4-5-9(12)17-8)10(14)13-7(2)11(15)16-3/h4-7H,1-3H3,(H,13,14)/t6?,7-/m1/s1. The molecule has 2 atom stereocenters. The minimum atomic E-state index is -0.648. The second kappa shape index (κ2) is 6.02. The molecule has 1 unspecified atom stereocenters. The van der Waals surface area contributed by atoms with Crippen molar-refractivity contribution in [2.45, 2.75) is 25.8 Å². The SMILES string of the molecule is COC(=O)[C@@H](C)NC(=O)C(C)c1ccc(Cl)s1. The predicted molar refractivity (Wildman–Crippen MR) is 67.4 cm³/mol. The zero-order valence-corrected chi connectivity index (χ0v) is 11.4. The molecule has 0 saturated heterocycles. The first-order valence-corrected chi connectivity index (χ1v) is 6.28. The van der Waals surface area contributed by atoms with Crippen molar-refractivity contribution in [3.63, 3.8) is 0 Å². The first-order chi connectivity index (χ1) is 7.95. The van der Waals surface area contributed by atoms with Gasteiger partial charge in [-0.05, 0) is 26.0 Å². The zero-order chi connectivity index (χ0) is 13.0. The van der Waals surface area contributed by atoms with Crippen molar-refractivity contribution in [3.8, 4) is 0 Å². The number of amides is 1. The Hall–Kier alpha value is -1.07. The number of ether oxygens (including phenoxy) is 1. The van der Waals surface area contributed by atoms with Crippen molar-refractivity contribution in [1.82, 2.24) is 5.32 Å². The molecule has 0 aliphatic heterocycles. The van der Waals surface area contributed by atoms with E-state index in [0.717, 1.165) is 4.88 Å². The highest BCUT2D eigenvalue weighted by atomic mass is 35.5. The smallest absolute Gasteiger partial charge is 0.328 e. The van der Waals surface area contributed by atoms with E-state index in [-0.39, 0.29) is 11.8 Å². The molecule has 4 nitrogen and oxygen atoms in total. The van der Waals surface area contributed by atoms with Crippen LogP contribution >= 0.6 is 22.9 Å². The van der Waals surface area contributed by atoms with Gasteiger partial charge in [0.05, 0.1) is 17.4 Å². The van der Waals surface area contributed by atoms with Crippen LogP contribution in [0.2, 0.25) is 4.34 Å². The van der Waals surface area contributed by atoms with Gasteiger partial charge in [-0.2, -0.15) is 0 Å². The van der Waals surface area contributed by atoms with Gasteiger partial charge in [-0.3, -0.25) is 4.79 Å². The molecule has 94 valence electrons. The molecule has 0 aliphatic rings. The van der Waals surface area contributed by atoms with Crippen LogP contribution in [-0.4, -0.2) is 25.0 Å². The summed E-state index contributed by atoms with van der Waals surface area (Å²) in [6.45, 7) is 3.35. The Labute approximate surface area is 109 Å². The van der Waals surface area contributed by atoms with E-state index in [1.54, 1.807) is 26.0 Å². The monoisotopic (exact) mass is 275 g/mol. The number of rotatable bonds is 4. The van der Waals surface area contributed by atoms with Crippen molar-refractivity contribution >= 4 is 34.8 Å². The average molecular weight is 276 g/mol. The van der Waals surface area contributed by atoms with E-state index in [2.05, 4.69) is 10.1 Å². The van der Waals surface area contributed by atoms with Crippen LogP contribution in [-0.2, 0) is 14.3 Å². The third-order valence-electron chi connectivity index (χ3n) is 2.33. The minimum Gasteiger partial charge on any atom is -0.467 e. The van der Waals surface area contributed by atoms with Crippen LogP contribution in [0.25, 0.3) is 0 Å². The minimum absolute atomic E-state index is 0.221. The second-order valence-electron chi connectivity index (χ2n) is 3.62. The lowest BCUT2D eigenvalue weighted by Crippen LogP contribution is -2.40. The maximum Gasteiger partial charge on any atom is 0.328 e. The van der Waals surface area contributed by atoms with E-state index in [1.165, 1.54) is 18.4 Å². The summed E-state index contributed by atoms with van der Waals surface area (Å²) in [5.74, 6) is -1.02. The lowest BCUT2D eigenvalue weighted by Gasteiger charge is -2.14. The Kier molecular flexibility index (Phi) is 4.96. The van der Waals surface area contributed by atoms with Crippen LogP contribution in [0.1, 0.15) is 24.6 Å². The first-order valence-electron chi connectivity index (χ1n) is 5.09. The number of carbonyl (C=O) groups is 2. The molecule has 0 aliphatic carbocycles. The summed E-state index contributed by atoms with van der Waals surface area (Å²) >= 11 is 7.15. The van der Waals surface area contributed by atoms with Gasteiger partial charge in [-0.25, -0.2) is 4.79 Å².